The lowest BCUT2D eigenvalue weighted by Crippen LogP contribution is -2.34. The highest BCUT2D eigenvalue weighted by Gasteiger charge is 2.16. The van der Waals surface area contributed by atoms with Gasteiger partial charge in [-0.05, 0) is 18.2 Å². The molecule has 7 heteroatoms. The SMILES string of the molecule is COC(CNC(=O)c1cc(Br)ccc1F)CC(=O)O. The van der Waals surface area contributed by atoms with Gasteiger partial charge in [0.15, 0.2) is 0 Å². The van der Waals surface area contributed by atoms with Gasteiger partial charge in [-0.3, -0.25) is 9.59 Å². The second kappa shape index (κ2) is 7.20. The first-order valence-electron chi connectivity index (χ1n) is 5.42. The van der Waals surface area contributed by atoms with Crippen molar-refractivity contribution in [2.24, 2.45) is 0 Å². The van der Waals surface area contributed by atoms with Gasteiger partial charge in [-0.15, -0.1) is 0 Å². The zero-order valence-corrected chi connectivity index (χ0v) is 11.7. The number of amides is 1. The van der Waals surface area contributed by atoms with Gasteiger partial charge in [0.2, 0.25) is 0 Å². The van der Waals surface area contributed by atoms with Crippen LogP contribution in [0.1, 0.15) is 16.8 Å². The Morgan fingerprint density at radius 3 is 2.79 bits per heavy atom. The van der Waals surface area contributed by atoms with Crippen molar-refractivity contribution in [3.05, 3.63) is 34.1 Å². The van der Waals surface area contributed by atoms with Crippen molar-refractivity contribution >= 4 is 27.8 Å². The Labute approximate surface area is 117 Å². The van der Waals surface area contributed by atoms with Crippen LogP contribution in [-0.2, 0) is 9.53 Å². The molecule has 0 heterocycles. The van der Waals surface area contributed by atoms with Gasteiger partial charge in [0.25, 0.3) is 5.91 Å². The second-order valence-corrected chi connectivity index (χ2v) is 4.71. The predicted octanol–water partition coefficient (Wildman–Crippen LogP) is 1.81. The van der Waals surface area contributed by atoms with Gasteiger partial charge < -0.3 is 15.2 Å². The van der Waals surface area contributed by atoms with E-state index >= 15 is 0 Å². The first-order valence-corrected chi connectivity index (χ1v) is 6.21. The van der Waals surface area contributed by atoms with Crippen molar-refractivity contribution in [2.45, 2.75) is 12.5 Å². The highest BCUT2D eigenvalue weighted by molar-refractivity contribution is 9.10. The van der Waals surface area contributed by atoms with E-state index in [-0.39, 0.29) is 18.5 Å². The number of methoxy groups -OCH3 is 1. The van der Waals surface area contributed by atoms with E-state index in [0.717, 1.165) is 0 Å². The van der Waals surface area contributed by atoms with Gasteiger partial charge in [-0.2, -0.15) is 0 Å². The summed E-state index contributed by atoms with van der Waals surface area (Å²) in [6.45, 7) is -0.00636. The van der Waals surface area contributed by atoms with Crippen LogP contribution in [-0.4, -0.2) is 36.7 Å². The molecule has 1 unspecified atom stereocenters. The van der Waals surface area contributed by atoms with E-state index in [4.69, 9.17) is 9.84 Å². The standard InChI is InChI=1S/C12H13BrFNO4/c1-19-8(5-11(16)17)6-15-12(18)9-4-7(13)2-3-10(9)14/h2-4,8H,5-6H2,1H3,(H,15,18)(H,16,17). The molecule has 1 aromatic rings. The molecule has 0 aliphatic carbocycles. The van der Waals surface area contributed by atoms with Crippen molar-refractivity contribution in [2.75, 3.05) is 13.7 Å². The Bertz CT molecular complexity index is 481. The Hall–Kier alpha value is -1.47. The summed E-state index contributed by atoms with van der Waals surface area (Å²) >= 11 is 3.14. The number of halogens is 2. The summed E-state index contributed by atoms with van der Waals surface area (Å²) in [7, 11) is 1.35. The third-order valence-corrected chi connectivity index (χ3v) is 2.89. The van der Waals surface area contributed by atoms with Gasteiger partial charge >= 0.3 is 5.97 Å². The number of aliphatic carboxylic acids is 1. The highest BCUT2D eigenvalue weighted by atomic mass is 79.9. The van der Waals surface area contributed by atoms with E-state index in [0.29, 0.717) is 4.47 Å². The van der Waals surface area contributed by atoms with Crippen molar-refractivity contribution in [3.63, 3.8) is 0 Å². The second-order valence-electron chi connectivity index (χ2n) is 3.79. The molecule has 0 saturated carbocycles. The van der Waals surface area contributed by atoms with Crippen LogP contribution in [0.2, 0.25) is 0 Å². The van der Waals surface area contributed by atoms with Gasteiger partial charge in [0, 0.05) is 18.1 Å². The summed E-state index contributed by atoms with van der Waals surface area (Å²) in [6.07, 6.45) is -0.894. The molecule has 0 fully saturated rings. The summed E-state index contributed by atoms with van der Waals surface area (Å²) in [5, 5.41) is 11.1. The molecule has 1 aromatic carbocycles. The summed E-state index contributed by atoms with van der Waals surface area (Å²) in [5.41, 5.74) is -0.112. The maximum absolute atomic E-state index is 13.4. The number of carboxylic acids is 1. The van der Waals surface area contributed by atoms with E-state index in [2.05, 4.69) is 21.2 Å². The molecule has 0 bridgehead atoms. The fraction of sp³-hybridized carbons (Fsp3) is 0.333. The number of hydrogen-bond donors (Lipinski definition) is 2. The molecule has 0 aliphatic heterocycles. The van der Waals surface area contributed by atoms with Gasteiger partial charge in [0.05, 0.1) is 18.1 Å². The van der Waals surface area contributed by atoms with Crippen LogP contribution in [0.5, 0.6) is 0 Å². The largest absolute Gasteiger partial charge is 0.481 e. The number of nitrogens with one attached hydrogen (secondary N) is 1. The van der Waals surface area contributed by atoms with E-state index in [1.54, 1.807) is 0 Å². The van der Waals surface area contributed by atoms with Crippen LogP contribution in [0.25, 0.3) is 0 Å². The highest BCUT2D eigenvalue weighted by Crippen LogP contribution is 2.15. The van der Waals surface area contributed by atoms with E-state index in [9.17, 15) is 14.0 Å². The molecule has 0 spiro atoms. The Balaban J connectivity index is 2.64. The number of carboxylic acid groups (broad SMARTS) is 1. The molecule has 19 heavy (non-hydrogen) atoms. The zero-order valence-electron chi connectivity index (χ0n) is 10.2. The molecular weight excluding hydrogens is 321 g/mol. The average Bonchev–Trinajstić information content (AvgIpc) is 2.36. The minimum absolute atomic E-state index is 0.00636. The molecule has 104 valence electrons. The fourth-order valence-electron chi connectivity index (χ4n) is 1.41. The maximum Gasteiger partial charge on any atom is 0.306 e. The number of rotatable bonds is 6. The fourth-order valence-corrected chi connectivity index (χ4v) is 1.77. The lowest BCUT2D eigenvalue weighted by atomic mass is 10.2. The minimum Gasteiger partial charge on any atom is -0.481 e. The van der Waals surface area contributed by atoms with Crippen molar-refractivity contribution in [1.82, 2.24) is 5.32 Å². The number of ether oxygens (including phenoxy) is 1. The quantitative estimate of drug-likeness (QED) is 0.832. The Morgan fingerprint density at radius 2 is 2.21 bits per heavy atom. The van der Waals surface area contributed by atoms with Crippen LogP contribution < -0.4 is 5.32 Å². The van der Waals surface area contributed by atoms with Crippen LogP contribution in [0, 0.1) is 5.82 Å². The van der Waals surface area contributed by atoms with Crippen molar-refractivity contribution in [3.8, 4) is 0 Å². The molecule has 2 N–H and O–H groups in total. The van der Waals surface area contributed by atoms with Crippen molar-refractivity contribution < 1.29 is 23.8 Å². The molecule has 1 atom stereocenters. The Morgan fingerprint density at radius 1 is 1.53 bits per heavy atom. The lowest BCUT2D eigenvalue weighted by Gasteiger charge is -2.14. The van der Waals surface area contributed by atoms with Gasteiger partial charge in [-0.25, -0.2) is 4.39 Å². The molecule has 1 amide bonds. The van der Waals surface area contributed by atoms with E-state index in [1.165, 1.54) is 25.3 Å². The molecule has 5 nitrogen and oxygen atoms in total. The monoisotopic (exact) mass is 333 g/mol. The summed E-state index contributed by atoms with van der Waals surface area (Å²) in [4.78, 5) is 22.3. The smallest absolute Gasteiger partial charge is 0.306 e. The predicted molar refractivity (Wildman–Crippen MR) is 69.5 cm³/mol. The molecule has 1 rings (SSSR count). The zero-order chi connectivity index (χ0) is 14.4. The molecule has 0 aromatic heterocycles. The van der Waals surface area contributed by atoms with Crippen LogP contribution >= 0.6 is 15.9 Å². The van der Waals surface area contributed by atoms with Gasteiger partial charge in [-0.1, -0.05) is 15.9 Å². The third-order valence-electron chi connectivity index (χ3n) is 2.40. The van der Waals surface area contributed by atoms with E-state index < -0.39 is 23.8 Å². The molecule has 0 saturated heterocycles. The summed E-state index contributed by atoms with van der Waals surface area (Å²) in [6, 6.07) is 4.00. The van der Waals surface area contributed by atoms with Crippen LogP contribution in [0.4, 0.5) is 4.39 Å². The number of benzene rings is 1. The molecule has 0 aliphatic rings. The van der Waals surface area contributed by atoms with Crippen molar-refractivity contribution in [1.29, 1.82) is 0 Å². The topological polar surface area (TPSA) is 75.6 Å². The van der Waals surface area contributed by atoms with Crippen LogP contribution in [0.3, 0.4) is 0 Å². The molecule has 0 radical (unpaired) electrons. The molecular formula is C12H13BrFNO4. The average molecular weight is 334 g/mol. The minimum atomic E-state index is -1.03. The van der Waals surface area contributed by atoms with E-state index in [1.807, 2.05) is 0 Å². The Kier molecular flexibility index (Phi) is 5.91. The number of hydrogen-bond acceptors (Lipinski definition) is 3. The summed E-state index contributed by atoms with van der Waals surface area (Å²) in [5.74, 6) is -2.30. The maximum atomic E-state index is 13.4. The third kappa shape index (κ3) is 4.96. The summed E-state index contributed by atoms with van der Waals surface area (Å²) < 4.78 is 18.9. The normalized spacial score (nSPS) is 11.9. The van der Waals surface area contributed by atoms with Gasteiger partial charge in [0.1, 0.15) is 5.82 Å². The van der Waals surface area contributed by atoms with Crippen LogP contribution in [0.15, 0.2) is 22.7 Å². The lowest BCUT2D eigenvalue weighted by molar-refractivity contribution is -0.139. The first kappa shape index (κ1) is 15.6. The number of carbonyl (C=O) groups is 2. The first-order chi connectivity index (χ1) is 8.93. The number of carbonyl (C=O) groups excluding carboxylic acids is 1.